The SMILES string of the molecule is CCn1c(CC(=O)Nc2ccc(C)cc2)nnc1SCC(=O)Nc1ccc(I)cc1C. The van der Waals surface area contributed by atoms with Crippen LogP contribution in [-0.4, -0.2) is 32.3 Å². The smallest absolute Gasteiger partial charge is 0.234 e. The lowest BCUT2D eigenvalue weighted by Crippen LogP contribution is -2.18. The third kappa shape index (κ3) is 6.54. The van der Waals surface area contributed by atoms with Gasteiger partial charge in [-0.05, 0) is 79.3 Å². The highest BCUT2D eigenvalue weighted by molar-refractivity contribution is 14.1. The lowest BCUT2D eigenvalue weighted by atomic mass is 10.2. The van der Waals surface area contributed by atoms with E-state index in [0.29, 0.717) is 17.5 Å². The molecule has 0 radical (unpaired) electrons. The number of anilines is 2. The van der Waals surface area contributed by atoms with Gasteiger partial charge in [-0.25, -0.2) is 0 Å². The number of nitrogens with one attached hydrogen (secondary N) is 2. The van der Waals surface area contributed by atoms with Gasteiger partial charge in [0.15, 0.2) is 5.16 Å². The highest BCUT2D eigenvalue weighted by atomic mass is 127. The van der Waals surface area contributed by atoms with Crippen molar-refractivity contribution < 1.29 is 9.59 Å². The molecule has 0 bridgehead atoms. The van der Waals surface area contributed by atoms with Crippen LogP contribution < -0.4 is 10.6 Å². The molecule has 2 N–H and O–H groups in total. The summed E-state index contributed by atoms with van der Waals surface area (Å²) in [7, 11) is 0. The zero-order valence-electron chi connectivity index (χ0n) is 17.6. The van der Waals surface area contributed by atoms with Crippen molar-refractivity contribution in [3.05, 3.63) is 63.0 Å². The van der Waals surface area contributed by atoms with Gasteiger partial charge in [-0.3, -0.25) is 9.59 Å². The zero-order valence-corrected chi connectivity index (χ0v) is 20.6. The number of benzene rings is 2. The second-order valence-corrected chi connectivity index (χ2v) is 9.22. The van der Waals surface area contributed by atoms with E-state index in [1.54, 1.807) is 0 Å². The molecular formula is C22H24IN5O2S. The van der Waals surface area contributed by atoms with E-state index in [2.05, 4.69) is 43.4 Å². The minimum Gasteiger partial charge on any atom is -0.326 e. The monoisotopic (exact) mass is 549 g/mol. The second kappa shape index (κ2) is 10.8. The lowest BCUT2D eigenvalue weighted by Gasteiger charge is -2.10. The summed E-state index contributed by atoms with van der Waals surface area (Å²) in [6.07, 6.45) is 0.114. The van der Waals surface area contributed by atoms with E-state index >= 15 is 0 Å². The Balaban J connectivity index is 1.58. The summed E-state index contributed by atoms with van der Waals surface area (Å²) in [4.78, 5) is 24.8. The molecule has 7 nitrogen and oxygen atoms in total. The molecule has 9 heteroatoms. The number of halogens is 1. The Kier molecular flexibility index (Phi) is 8.08. The highest BCUT2D eigenvalue weighted by Gasteiger charge is 2.16. The predicted molar refractivity (Wildman–Crippen MR) is 132 cm³/mol. The average Bonchev–Trinajstić information content (AvgIpc) is 3.11. The van der Waals surface area contributed by atoms with E-state index < -0.39 is 0 Å². The maximum atomic E-state index is 12.4. The van der Waals surface area contributed by atoms with E-state index in [0.717, 1.165) is 26.1 Å². The number of hydrogen-bond acceptors (Lipinski definition) is 5. The van der Waals surface area contributed by atoms with Crippen molar-refractivity contribution in [2.45, 2.75) is 38.9 Å². The average molecular weight is 549 g/mol. The van der Waals surface area contributed by atoms with Crippen LogP contribution in [0.4, 0.5) is 11.4 Å². The summed E-state index contributed by atoms with van der Waals surface area (Å²) in [5.41, 5.74) is 3.70. The molecule has 2 aromatic carbocycles. The van der Waals surface area contributed by atoms with Crippen molar-refractivity contribution in [3.63, 3.8) is 0 Å². The van der Waals surface area contributed by atoms with Crippen LogP contribution in [0.5, 0.6) is 0 Å². The van der Waals surface area contributed by atoms with Gasteiger partial charge in [-0.15, -0.1) is 10.2 Å². The van der Waals surface area contributed by atoms with Crippen molar-refractivity contribution in [3.8, 4) is 0 Å². The summed E-state index contributed by atoms with van der Waals surface area (Å²) in [5.74, 6) is 0.510. The second-order valence-electron chi connectivity index (χ2n) is 7.03. The van der Waals surface area contributed by atoms with Gasteiger partial charge in [0, 0.05) is 21.5 Å². The number of aromatic nitrogens is 3. The molecule has 0 unspecified atom stereocenters. The minimum absolute atomic E-state index is 0.112. The summed E-state index contributed by atoms with van der Waals surface area (Å²) in [6.45, 7) is 6.53. The van der Waals surface area contributed by atoms with Crippen LogP contribution in [-0.2, 0) is 22.6 Å². The molecule has 0 fully saturated rings. The number of rotatable bonds is 8. The van der Waals surface area contributed by atoms with Crippen molar-refractivity contribution in [2.75, 3.05) is 16.4 Å². The summed E-state index contributed by atoms with van der Waals surface area (Å²) >= 11 is 3.55. The van der Waals surface area contributed by atoms with E-state index in [1.807, 2.05) is 67.8 Å². The lowest BCUT2D eigenvalue weighted by molar-refractivity contribution is -0.116. The number of aryl methyl sites for hydroxylation is 2. The molecule has 0 aliphatic rings. The van der Waals surface area contributed by atoms with E-state index in [1.165, 1.54) is 11.8 Å². The van der Waals surface area contributed by atoms with Gasteiger partial charge in [0.05, 0.1) is 12.2 Å². The molecule has 1 aromatic heterocycles. The van der Waals surface area contributed by atoms with Gasteiger partial charge in [0.1, 0.15) is 5.82 Å². The molecule has 0 spiro atoms. The van der Waals surface area contributed by atoms with E-state index in [9.17, 15) is 9.59 Å². The Hall–Kier alpha value is -2.40. The third-order valence-corrected chi connectivity index (χ3v) is 6.20. The fourth-order valence-corrected chi connectivity index (χ4v) is 4.41. The van der Waals surface area contributed by atoms with Crippen LogP contribution in [0.1, 0.15) is 23.9 Å². The van der Waals surface area contributed by atoms with Crippen LogP contribution in [0.25, 0.3) is 0 Å². The van der Waals surface area contributed by atoms with Crippen LogP contribution in [0.15, 0.2) is 47.6 Å². The van der Waals surface area contributed by atoms with Crippen LogP contribution in [0, 0.1) is 17.4 Å². The molecule has 1 heterocycles. The fraction of sp³-hybridized carbons (Fsp3) is 0.273. The molecule has 2 amide bonds. The first-order valence-electron chi connectivity index (χ1n) is 9.83. The van der Waals surface area contributed by atoms with Crippen molar-refractivity contribution >= 4 is 57.5 Å². The molecule has 0 aliphatic carbocycles. The van der Waals surface area contributed by atoms with Crippen LogP contribution in [0.3, 0.4) is 0 Å². The number of amides is 2. The fourth-order valence-electron chi connectivity index (χ4n) is 2.94. The largest absolute Gasteiger partial charge is 0.326 e. The van der Waals surface area contributed by atoms with Gasteiger partial charge >= 0.3 is 0 Å². The van der Waals surface area contributed by atoms with Crippen molar-refractivity contribution in [1.29, 1.82) is 0 Å². The van der Waals surface area contributed by atoms with Gasteiger partial charge in [0.2, 0.25) is 11.8 Å². The van der Waals surface area contributed by atoms with Crippen LogP contribution in [0.2, 0.25) is 0 Å². The Labute approximate surface area is 199 Å². The molecule has 0 aliphatic heterocycles. The highest BCUT2D eigenvalue weighted by Crippen LogP contribution is 2.21. The normalized spacial score (nSPS) is 10.7. The number of thioether (sulfide) groups is 1. The maximum absolute atomic E-state index is 12.4. The topological polar surface area (TPSA) is 88.9 Å². The zero-order chi connectivity index (χ0) is 22.4. The van der Waals surface area contributed by atoms with E-state index in [4.69, 9.17) is 0 Å². The Morgan fingerprint density at radius 2 is 1.77 bits per heavy atom. The number of nitrogens with zero attached hydrogens (tertiary/aromatic N) is 3. The first-order valence-corrected chi connectivity index (χ1v) is 11.9. The van der Waals surface area contributed by atoms with Crippen molar-refractivity contribution in [1.82, 2.24) is 14.8 Å². The van der Waals surface area contributed by atoms with Gasteiger partial charge in [-0.2, -0.15) is 0 Å². The molecule has 31 heavy (non-hydrogen) atoms. The summed E-state index contributed by atoms with van der Waals surface area (Å²) in [6, 6.07) is 13.5. The molecule has 0 saturated carbocycles. The Morgan fingerprint density at radius 3 is 2.45 bits per heavy atom. The number of carbonyl (C=O) groups excluding carboxylic acids is 2. The Bertz CT molecular complexity index is 1080. The molecule has 0 saturated heterocycles. The van der Waals surface area contributed by atoms with Crippen LogP contribution >= 0.6 is 34.4 Å². The van der Waals surface area contributed by atoms with Crippen molar-refractivity contribution in [2.24, 2.45) is 0 Å². The summed E-state index contributed by atoms with van der Waals surface area (Å²) in [5, 5.41) is 14.8. The maximum Gasteiger partial charge on any atom is 0.234 e. The third-order valence-electron chi connectivity index (χ3n) is 4.56. The van der Waals surface area contributed by atoms with Gasteiger partial charge in [0.25, 0.3) is 0 Å². The van der Waals surface area contributed by atoms with E-state index in [-0.39, 0.29) is 24.0 Å². The minimum atomic E-state index is -0.158. The predicted octanol–water partition coefficient (Wildman–Crippen LogP) is 4.43. The molecule has 3 rings (SSSR count). The molecule has 3 aromatic rings. The first kappa shape index (κ1) is 23.3. The molecule has 0 atom stereocenters. The Morgan fingerprint density at radius 1 is 1.03 bits per heavy atom. The van der Waals surface area contributed by atoms with Gasteiger partial charge < -0.3 is 15.2 Å². The summed E-state index contributed by atoms with van der Waals surface area (Å²) < 4.78 is 2.99. The standard InChI is InChI=1S/C22H24IN5O2S/c1-4-28-19(12-20(29)24-17-8-5-14(2)6-9-17)26-27-22(28)31-13-21(30)25-18-10-7-16(23)11-15(18)3/h5-11H,4,12-13H2,1-3H3,(H,24,29)(H,25,30). The molecule has 162 valence electrons. The first-order chi connectivity index (χ1) is 14.9. The number of carbonyl (C=O) groups is 2. The van der Waals surface area contributed by atoms with Gasteiger partial charge in [-0.1, -0.05) is 29.5 Å². The number of hydrogen-bond donors (Lipinski definition) is 2. The molecular weight excluding hydrogens is 525 g/mol. The quantitative estimate of drug-likeness (QED) is 0.321.